The first-order valence-corrected chi connectivity index (χ1v) is 10.0. The summed E-state index contributed by atoms with van der Waals surface area (Å²) in [5.41, 5.74) is 3.52. The fourth-order valence-corrected chi connectivity index (χ4v) is 2.91. The van der Waals surface area contributed by atoms with E-state index < -0.39 is 0 Å². The molecule has 6 nitrogen and oxygen atoms in total. The van der Waals surface area contributed by atoms with Gasteiger partial charge in [-0.3, -0.25) is 0 Å². The van der Waals surface area contributed by atoms with E-state index in [1.165, 1.54) is 11.1 Å². The molecule has 0 spiro atoms. The number of guanidine groups is 1. The maximum atomic E-state index is 5.67. The van der Waals surface area contributed by atoms with Gasteiger partial charge in [0.2, 0.25) is 0 Å². The molecule has 0 unspecified atom stereocenters. The summed E-state index contributed by atoms with van der Waals surface area (Å²) >= 11 is 0. The first-order valence-electron chi connectivity index (χ1n) is 10.0. The van der Waals surface area contributed by atoms with Crippen molar-refractivity contribution in [3.63, 3.8) is 0 Å². The number of hydrogen-bond acceptors (Lipinski definition) is 4. The van der Waals surface area contributed by atoms with Crippen molar-refractivity contribution >= 4 is 5.96 Å². The number of methoxy groups -OCH3 is 2. The standard InChI is InChI=1S/C23H33N3O3/c1-5-24-23(25-12-11-20-15-18(2)9-10-22(20)28-4)26-17-19-7-6-8-21(16-19)29-14-13-27-3/h6-10,15-16H,5,11-14,17H2,1-4H3,(H2,24,25,26). The van der Waals surface area contributed by atoms with E-state index in [4.69, 9.17) is 19.2 Å². The molecule has 0 heterocycles. The van der Waals surface area contributed by atoms with E-state index in [0.717, 1.165) is 42.5 Å². The lowest BCUT2D eigenvalue weighted by Gasteiger charge is -2.13. The molecule has 0 aliphatic rings. The molecule has 0 aliphatic carbocycles. The van der Waals surface area contributed by atoms with Gasteiger partial charge in [0, 0.05) is 20.2 Å². The van der Waals surface area contributed by atoms with E-state index >= 15 is 0 Å². The van der Waals surface area contributed by atoms with Crippen molar-refractivity contribution in [2.75, 3.05) is 40.5 Å². The fourth-order valence-electron chi connectivity index (χ4n) is 2.91. The van der Waals surface area contributed by atoms with Crippen LogP contribution in [0.25, 0.3) is 0 Å². The third kappa shape index (κ3) is 8.03. The van der Waals surface area contributed by atoms with Gasteiger partial charge >= 0.3 is 0 Å². The van der Waals surface area contributed by atoms with Gasteiger partial charge in [-0.15, -0.1) is 0 Å². The molecule has 0 aromatic heterocycles. The van der Waals surface area contributed by atoms with Crippen molar-refractivity contribution in [1.82, 2.24) is 10.6 Å². The molecule has 0 fully saturated rings. The topological polar surface area (TPSA) is 64.1 Å². The lowest BCUT2D eigenvalue weighted by atomic mass is 10.1. The first kappa shape index (κ1) is 22.6. The highest BCUT2D eigenvalue weighted by atomic mass is 16.5. The summed E-state index contributed by atoms with van der Waals surface area (Å²) in [6.07, 6.45) is 0.859. The Balaban J connectivity index is 1.93. The largest absolute Gasteiger partial charge is 0.496 e. The zero-order chi connectivity index (χ0) is 20.9. The molecule has 0 atom stereocenters. The van der Waals surface area contributed by atoms with Gasteiger partial charge in [0.1, 0.15) is 18.1 Å². The van der Waals surface area contributed by atoms with Crippen LogP contribution in [0, 0.1) is 6.92 Å². The molecule has 29 heavy (non-hydrogen) atoms. The van der Waals surface area contributed by atoms with E-state index in [9.17, 15) is 0 Å². The average molecular weight is 400 g/mol. The van der Waals surface area contributed by atoms with Crippen LogP contribution in [-0.4, -0.2) is 46.5 Å². The molecule has 2 N–H and O–H groups in total. The number of ether oxygens (including phenoxy) is 3. The van der Waals surface area contributed by atoms with Crippen LogP contribution in [0.15, 0.2) is 47.5 Å². The smallest absolute Gasteiger partial charge is 0.191 e. The Bertz CT molecular complexity index is 778. The first-order chi connectivity index (χ1) is 14.2. The lowest BCUT2D eigenvalue weighted by molar-refractivity contribution is 0.146. The minimum Gasteiger partial charge on any atom is -0.496 e. The van der Waals surface area contributed by atoms with Crippen LogP contribution in [0.4, 0.5) is 0 Å². The molecule has 0 amide bonds. The van der Waals surface area contributed by atoms with Gasteiger partial charge in [-0.05, 0) is 49.6 Å². The number of aliphatic imine (C=N–C) groups is 1. The van der Waals surface area contributed by atoms with Crippen LogP contribution in [0.1, 0.15) is 23.6 Å². The molecule has 0 radical (unpaired) electrons. The second-order valence-electron chi connectivity index (χ2n) is 6.68. The summed E-state index contributed by atoms with van der Waals surface area (Å²) in [7, 11) is 3.37. The fraction of sp³-hybridized carbons (Fsp3) is 0.435. The van der Waals surface area contributed by atoms with Gasteiger partial charge in [-0.2, -0.15) is 0 Å². The monoisotopic (exact) mass is 399 g/mol. The molecule has 0 saturated heterocycles. The van der Waals surface area contributed by atoms with E-state index in [2.05, 4.69) is 36.6 Å². The van der Waals surface area contributed by atoms with E-state index in [-0.39, 0.29) is 0 Å². The Morgan fingerprint density at radius 2 is 1.90 bits per heavy atom. The van der Waals surface area contributed by atoms with Crippen molar-refractivity contribution in [2.24, 2.45) is 4.99 Å². The Kier molecular flexibility index (Phi) is 9.86. The van der Waals surface area contributed by atoms with Crippen LogP contribution >= 0.6 is 0 Å². The summed E-state index contributed by atoms with van der Waals surface area (Å²) < 4.78 is 16.2. The number of benzene rings is 2. The van der Waals surface area contributed by atoms with Gasteiger partial charge in [0.15, 0.2) is 5.96 Å². The number of aryl methyl sites for hydroxylation is 1. The second-order valence-corrected chi connectivity index (χ2v) is 6.68. The molecule has 0 saturated carbocycles. The van der Waals surface area contributed by atoms with Crippen LogP contribution in [-0.2, 0) is 17.7 Å². The number of nitrogens with one attached hydrogen (secondary N) is 2. The average Bonchev–Trinajstić information content (AvgIpc) is 2.73. The number of rotatable bonds is 11. The van der Waals surface area contributed by atoms with Crippen LogP contribution in [0.3, 0.4) is 0 Å². The summed E-state index contributed by atoms with van der Waals surface area (Å²) in [6.45, 7) is 7.41. The van der Waals surface area contributed by atoms with Gasteiger partial charge in [-0.25, -0.2) is 4.99 Å². The van der Waals surface area contributed by atoms with Crippen LogP contribution in [0.2, 0.25) is 0 Å². The van der Waals surface area contributed by atoms with Gasteiger partial charge < -0.3 is 24.8 Å². The highest BCUT2D eigenvalue weighted by molar-refractivity contribution is 5.79. The normalized spacial score (nSPS) is 11.2. The van der Waals surface area contributed by atoms with Crippen molar-refractivity contribution in [3.05, 3.63) is 59.2 Å². The Labute approximate surface area is 174 Å². The second kappa shape index (κ2) is 12.7. The maximum absolute atomic E-state index is 5.67. The maximum Gasteiger partial charge on any atom is 0.191 e. The Morgan fingerprint density at radius 3 is 2.66 bits per heavy atom. The zero-order valence-corrected chi connectivity index (χ0v) is 18.0. The molecular formula is C23H33N3O3. The van der Waals surface area contributed by atoms with Gasteiger partial charge in [-0.1, -0.05) is 29.8 Å². The quantitative estimate of drug-likeness (QED) is 0.345. The Morgan fingerprint density at radius 1 is 1.03 bits per heavy atom. The van der Waals surface area contributed by atoms with Crippen molar-refractivity contribution in [3.8, 4) is 11.5 Å². The molecular weight excluding hydrogens is 366 g/mol. The lowest BCUT2D eigenvalue weighted by Crippen LogP contribution is -2.38. The molecule has 2 aromatic carbocycles. The van der Waals surface area contributed by atoms with Crippen molar-refractivity contribution < 1.29 is 14.2 Å². The summed E-state index contributed by atoms with van der Waals surface area (Å²) in [5.74, 6) is 2.55. The molecule has 2 rings (SSSR count). The van der Waals surface area contributed by atoms with E-state index in [1.807, 2.05) is 30.3 Å². The van der Waals surface area contributed by atoms with Gasteiger partial charge in [0.05, 0.1) is 20.3 Å². The molecule has 158 valence electrons. The van der Waals surface area contributed by atoms with Crippen LogP contribution < -0.4 is 20.1 Å². The highest BCUT2D eigenvalue weighted by Crippen LogP contribution is 2.19. The SMILES string of the molecule is CCNC(=NCc1cccc(OCCOC)c1)NCCc1cc(C)ccc1OC. The molecule has 0 bridgehead atoms. The Hall–Kier alpha value is -2.73. The number of nitrogens with zero attached hydrogens (tertiary/aromatic N) is 1. The molecule has 6 heteroatoms. The minimum atomic E-state index is 0.538. The van der Waals surface area contributed by atoms with Gasteiger partial charge in [0.25, 0.3) is 0 Å². The minimum absolute atomic E-state index is 0.538. The molecule has 2 aromatic rings. The van der Waals surface area contributed by atoms with Crippen molar-refractivity contribution in [1.29, 1.82) is 0 Å². The third-order valence-corrected chi connectivity index (χ3v) is 4.34. The highest BCUT2D eigenvalue weighted by Gasteiger charge is 2.04. The summed E-state index contributed by atoms with van der Waals surface area (Å²) in [4.78, 5) is 4.70. The van der Waals surface area contributed by atoms with E-state index in [0.29, 0.717) is 19.8 Å². The zero-order valence-electron chi connectivity index (χ0n) is 18.0. The number of hydrogen-bond donors (Lipinski definition) is 2. The summed E-state index contributed by atoms with van der Waals surface area (Å²) in [6, 6.07) is 14.2. The van der Waals surface area contributed by atoms with Crippen molar-refractivity contribution in [2.45, 2.75) is 26.8 Å². The van der Waals surface area contributed by atoms with E-state index in [1.54, 1.807) is 14.2 Å². The predicted octanol–water partition coefficient (Wildman–Crippen LogP) is 3.33. The predicted molar refractivity (Wildman–Crippen MR) is 118 cm³/mol. The van der Waals surface area contributed by atoms with Crippen LogP contribution in [0.5, 0.6) is 11.5 Å². The third-order valence-electron chi connectivity index (χ3n) is 4.34. The summed E-state index contributed by atoms with van der Waals surface area (Å²) in [5, 5.41) is 6.70. The molecule has 0 aliphatic heterocycles.